The molecule has 1 aliphatic rings. The molecule has 2 heterocycles. The quantitative estimate of drug-likeness (QED) is 0.429. The van der Waals surface area contributed by atoms with Crippen LogP contribution in [0.2, 0.25) is 0 Å². The summed E-state index contributed by atoms with van der Waals surface area (Å²) in [5.74, 6) is 0. The second-order valence-corrected chi connectivity index (χ2v) is 8.60. The van der Waals surface area contributed by atoms with Crippen LogP contribution in [0.1, 0.15) is 11.1 Å². The smallest absolute Gasteiger partial charge is 0.258 e. The van der Waals surface area contributed by atoms with Crippen molar-refractivity contribution in [2.45, 2.75) is 13.0 Å². The van der Waals surface area contributed by atoms with Crippen LogP contribution < -0.4 is 15.2 Å². The van der Waals surface area contributed by atoms with Crippen molar-refractivity contribution in [2.75, 3.05) is 22.4 Å². The van der Waals surface area contributed by atoms with Gasteiger partial charge >= 0.3 is 0 Å². The first-order chi connectivity index (χ1) is 15.2. The Morgan fingerprint density at radius 3 is 2.52 bits per heavy atom. The maximum absolute atomic E-state index is 12.7. The third kappa shape index (κ3) is 3.59. The Labute approximate surface area is 186 Å². The van der Waals surface area contributed by atoms with E-state index in [2.05, 4.69) is 58.3 Å². The summed E-state index contributed by atoms with van der Waals surface area (Å²) in [6.45, 7) is 1.90. The fourth-order valence-corrected chi connectivity index (χ4v) is 4.94. The van der Waals surface area contributed by atoms with E-state index in [1.54, 1.807) is 16.5 Å². The van der Waals surface area contributed by atoms with E-state index >= 15 is 0 Å². The Morgan fingerprint density at radius 1 is 1.00 bits per heavy atom. The minimum absolute atomic E-state index is 0.0358. The first kappa shape index (κ1) is 19.8. The molecule has 1 N–H and O–H groups in total. The third-order valence-electron chi connectivity index (χ3n) is 6.03. The number of benzene rings is 3. The van der Waals surface area contributed by atoms with Gasteiger partial charge in [0.15, 0.2) is 0 Å². The van der Waals surface area contributed by atoms with Crippen LogP contribution in [0.4, 0.5) is 11.4 Å². The summed E-state index contributed by atoms with van der Waals surface area (Å²) in [5.41, 5.74) is 7.35. The first-order valence-electron chi connectivity index (χ1n) is 10.5. The van der Waals surface area contributed by atoms with E-state index in [9.17, 15) is 4.79 Å². The molecule has 3 aromatic carbocycles. The van der Waals surface area contributed by atoms with Crippen LogP contribution in [0.15, 0.2) is 77.7 Å². The van der Waals surface area contributed by atoms with Gasteiger partial charge in [0.1, 0.15) is 0 Å². The van der Waals surface area contributed by atoms with Gasteiger partial charge in [0.25, 0.3) is 5.56 Å². The molecule has 156 valence electrons. The first-order valence-corrected chi connectivity index (χ1v) is 11.7. The zero-order chi connectivity index (χ0) is 21.4. The molecule has 0 unspecified atom stereocenters. The molecule has 1 aliphatic heterocycles. The molecule has 31 heavy (non-hydrogen) atoms. The van der Waals surface area contributed by atoms with E-state index in [0.717, 1.165) is 47.1 Å². The van der Waals surface area contributed by atoms with E-state index in [1.165, 1.54) is 16.8 Å². The van der Waals surface area contributed by atoms with E-state index < -0.39 is 0 Å². The van der Waals surface area contributed by atoms with Crippen molar-refractivity contribution >= 4 is 34.1 Å². The molecule has 0 saturated heterocycles. The van der Waals surface area contributed by atoms with Crippen molar-refractivity contribution in [3.8, 4) is 11.1 Å². The molecule has 0 radical (unpaired) electrons. The summed E-state index contributed by atoms with van der Waals surface area (Å²) < 4.78 is 5.19. The zero-order valence-corrected chi connectivity index (χ0v) is 18.6. The highest BCUT2D eigenvalue weighted by atomic mass is 32.2. The van der Waals surface area contributed by atoms with E-state index in [4.69, 9.17) is 0 Å². The van der Waals surface area contributed by atoms with Gasteiger partial charge in [-0.3, -0.25) is 4.79 Å². The number of nitrogens with one attached hydrogen (secondary N) is 1. The molecule has 0 bridgehead atoms. The second kappa shape index (κ2) is 8.16. The summed E-state index contributed by atoms with van der Waals surface area (Å²) in [6.07, 6.45) is 5.04. The fraction of sp³-hybridized carbons (Fsp3) is 0.192. The number of anilines is 2. The van der Waals surface area contributed by atoms with Crippen LogP contribution in [0.3, 0.4) is 0 Å². The number of fused-ring (bicyclic) bond motifs is 2. The van der Waals surface area contributed by atoms with Gasteiger partial charge in [0.2, 0.25) is 0 Å². The van der Waals surface area contributed by atoms with Gasteiger partial charge in [-0.1, -0.05) is 60.5 Å². The molecule has 5 rings (SSSR count). The van der Waals surface area contributed by atoms with E-state index in [-0.39, 0.29) is 5.56 Å². The predicted molar refractivity (Wildman–Crippen MR) is 133 cm³/mol. The molecule has 4 aromatic rings. The van der Waals surface area contributed by atoms with Gasteiger partial charge in [0, 0.05) is 60.5 Å². The Morgan fingerprint density at radius 2 is 1.74 bits per heavy atom. The predicted octanol–water partition coefficient (Wildman–Crippen LogP) is 5.46. The highest BCUT2D eigenvalue weighted by Crippen LogP contribution is 2.41. The van der Waals surface area contributed by atoms with Gasteiger partial charge in [0.05, 0.1) is 0 Å². The molecule has 4 nitrogen and oxygen atoms in total. The van der Waals surface area contributed by atoms with Gasteiger partial charge in [-0.2, -0.15) is 0 Å². The molecule has 0 aliphatic carbocycles. The van der Waals surface area contributed by atoms with Gasteiger partial charge < -0.3 is 14.2 Å². The van der Waals surface area contributed by atoms with Crippen molar-refractivity contribution in [3.05, 3.63) is 94.4 Å². The summed E-state index contributed by atoms with van der Waals surface area (Å²) in [5, 5.41) is 1.75. The van der Waals surface area contributed by atoms with Crippen molar-refractivity contribution in [2.24, 2.45) is 7.05 Å². The van der Waals surface area contributed by atoms with Gasteiger partial charge in [-0.15, -0.1) is 0 Å². The number of pyridine rings is 1. The maximum atomic E-state index is 12.7. The lowest BCUT2D eigenvalue weighted by atomic mass is 9.97. The summed E-state index contributed by atoms with van der Waals surface area (Å²) in [7, 11) is 1.83. The number of hydrogen-bond donors (Lipinski definition) is 1. The van der Waals surface area contributed by atoms with Crippen LogP contribution in [-0.2, 0) is 20.0 Å². The highest BCUT2D eigenvalue weighted by molar-refractivity contribution is 7.99. The SMILES string of the molecule is CSNc1cc(-c2cn(C)c(=O)c3ccccc23)cc2c1CCN2Cc1ccccc1. The minimum Gasteiger partial charge on any atom is -0.367 e. The van der Waals surface area contributed by atoms with Crippen LogP contribution in [0.25, 0.3) is 21.9 Å². The lowest BCUT2D eigenvalue weighted by molar-refractivity contribution is 0.836. The van der Waals surface area contributed by atoms with E-state index in [0.29, 0.717) is 0 Å². The molecule has 0 spiro atoms. The Bertz CT molecular complexity index is 1310. The maximum Gasteiger partial charge on any atom is 0.258 e. The molecule has 5 heteroatoms. The standard InChI is InChI=1S/C26H25N3OS/c1-28-17-23(20-10-6-7-11-21(20)26(28)30)19-14-24(27-31-2)22-12-13-29(25(22)15-19)16-18-8-4-3-5-9-18/h3-11,14-15,17,27H,12-13,16H2,1-2H3. The van der Waals surface area contributed by atoms with Crippen LogP contribution in [-0.4, -0.2) is 17.4 Å². The zero-order valence-electron chi connectivity index (χ0n) is 17.8. The molecule has 0 atom stereocenters. The Balaban J connectivity index is 1.67. The monoisotopic (exact) mass is 427 g/mol. The molecular weight excluding hydrogens is 402 g/mol. The molecule has 1 aromatic heterocycles. The number of rotatable bonds is 5. The number of hydrogen-bond acceptors (Lipinski definition) is 4. The van der Waals surface area contributed by atoms with Gasteiger partial charge in [-0.25, -0.2) is 0 Å². The van der Waals surface area contributed by atoms with Crippen molar-refractivity contribution in [1.82, 2.24) is 4.57 Å². The fourth-order valence-electron chi connectivity index (χ4n) is 4.54. The number of nitrogens with zero attached hydrogens (tertiary/aromatic N) is 2. The summed E-state index contributed by atoms with van der Waals surface area (Å²) >= 11 is 1.62. The second-order valence-electron chi connectivity index (χ2n) is 7.99. The Kier molecular flexibility index (Phi) is 5.20. The number of aryl methyl sites for hydroxylation is 1. The lowest BCUT2D eigenvalue weighted by Crippen LogP contribution is -2.19. The van der Waals surface area contributed by atoms with Crippen LogP contribution in [0, 0.1) is 0 Å². The summed E-state index contributed by atoms with van der Waals surface area (Å²) in [4.78, 5) is 15.1. The third-order valence-corrected chi connectivity index (χ3v) is 6.45. The van der Waals surface area contributed by atoms with E-state index in [1.807, 2.05) is 37.5 Å². The lowest BCUT2D eigenvalue weighted by Gasteiger charge is -2.22. The highest BCUT2D eigenvalue weighted by Gasteiger charge is 2.24. The molecule has 0 amide bonds. The van der Waals surface area contributed by atoms with Crippen LogP contribution in [0.5, 0.6) is 0 Å². The largest absolute Gasteiger partial charge is 0.367 e. The molecule has 0 fully saturated rings. The topological polar surface area (TPSA) is 37.3 Å². The average Bonchev–Trinajstić information content (AvgIpc) is 3.20. The Hall–Kier alpha value is -3.18. The van der Waals surface area contributed by atoms with Crippen molar-refractivity contribution in [3.63, 3.8) is 0 Å². The van der Waals surface area contributed by atoms with Crippen molar-refractivity contribution in [1.29, 1.82) is 0 Å². The van der Waals surface area contributed by atoms with Crippen LogP contribution >= 0.6 is 11.9 Å². The number of aromatic nitrogens is 1. The molecule has 0 saturated carbocycles. The average molecular weight is 428 g/mol. The molecular formula is C26H25N3OS. The minimum atomic E-state index is 0.0358. The normalized spacial score (nSPS) is 12.9. The van der Waals surface area contributed by atoms with Crippen molar-refractivity contribution < 1.29 is 0 Å². The van der Waals surface area contributed by atoms with Gasteiger partial charge in [-0.05, 0) is 41.1 Å². The summed E-state index contributed by atoms with van der Waals surface area (Å²) in [6, 6.07) is 23.0.